The number of aliphatic hydroxyl groups excluding tert-OH is 3. The summed E-state index contributed by atoms with van der Waals surface area (Å²) in [4.78, 5) is 134. The molecule has 1 aromatic heterocycles. The highest BCUT2D eigenvalue weighted by Crippen LogP contribution is 2.41. The number of carbonyl (C=O) groups is 9. The zero-order valence-electron chi connectivity index (χ0n) is 63.7. The average Bonchev–Trinajstić information content (AvgIpc) is 1.84. The Labute approximate surface area is 633 Å². The van der Waals surface area contributed by atoms with E-state index in [4.69, 9.17) is 4.74 Å². The number of β-amino-alcohol motifs (C(OH)–C–C–N with tert-alkyl or cyclic N) is 3. The topological polar surface area (TPSA) is 256 Å². The minimum absolute atomic E-state index is 0.0280. The van der Waals surface area contributed by atoms with Gasteiger partial charge < -0.3 is 49.5 Å². The van der Waals surface area contributed by atoms with Crippen LogP contribution in [-0.4, -0.2) is 197 Å². The average molecular weight is 1480 g/mol. The van der Waals surface area contributed by atoms with Crippen molar-refractivity contribution < 1.29 is 63.2 Å². The number of thiazole rings is 1. The van der Waals surface area contributed by atoms with Gasteiger partial charge in [-0.1, -0.05) is 158 Å². The van der Waals surface area contributed by atoms with Crippen molar-refractivity contribution in [3.05, 3.63) is 183 Å². The van der Waals surface area contributed by atoms with Gasteiger partial charge in [0, 0.05) is 110 Å². The molecule has 13 rings (SSSR count). The molecule has 6 aliphatic heterocycles. The Balaban J connectivity index is 0.000000160. The smallest absolute Gasteiger partial charge is 0.255 e. The summed E-state index contributed by atoms with van der Waals surface area (Å²) in [6.07, 6.45) is 5.79. The molecule has 107 heavy (non-hydrogen) atoms. The first kappa shape index (κ1) is 79.4. The Hall–Kier alpha value is -8.60. The summed E-state index contributed by atoms with van der Waals surface area (Å²) in [6.45, 7) is 19.5. The number of carbonyl (C=O) groups excluding carboxylic acids is 9. The largest absolute Gasteiger partial charge is 0.391 e. The van der Waals surface area contributed by atoms with Gasteiger partial charge in [0.15, 0.2) is 17.3 Å². The van der Waals surface area contributed by atoms with E-state index < -0.39 is 60.0 Å². The Kier molecular flexibility index (Phi) is 25.8. The number of aromatic nitrogens is 1. The van der Waals surface area contributed by atoms with Crippen molar-refractivity contribution >= 4 is 64.1 Å². The van der Waals surface area contributed by atoms with E-state index >= 15 is 0 Å². The van der Waals surface area contributed by atoms with Gasteiger partial charge >= 0.3 is 0 Å². The summed E-state index contributed by atoms with van der Waals surface area (Å²) < 4.78 is 5.47. The van der Waals surface area contributed by atoms with Crippen molar-refractivity contribution in [1.29, 1.82) is 0 Å². The van der Waals surface area contributed by atoms with Crippen molar-refractivity contribution in [3.63, 3.8) is 0 Å². The van der Waals surface area contributed by atoms with E-state index in [9.17, 15) is 58.5 Å². The number of ether oxygens (including phenoxy) is 1. The molecule has 1 aliphatic carbocycles. The quantitative estimate of drug-likeness (QED) is 0.0539. The van der Waals surface area contributed by atoms with Crippen molar-refractivity contribution in [2.45, 2.75) is 225 Å². The maximum atomic E-state index is 13.9. The van der Waals surface area contributed by atoms with Crippen LogP contribution >= 0.6 is 11.3 Å². The third kappa shape index (κ3) is 18.8. The lowest BCUT2D eigenvalue weighted by Crippen LogP contribution is -2.56. The molecule has 5 aromatic carbocycles. The first-order valence-corrected chi connectivity index (χ1v) is 39.2. The summed E-state index contributed by atoms with van der Waals surface area (Å²) in [5, 5.41) is 31.1. The van der Waals surface area contributed by atoms with Crippen LogP contribution in [0.1, 0.15) is 197 Å². The number of fused-ring (bicyclic) bond motifs is 2. The molecule has 9 atom stereocenters. The molecule has 6 amide bonds. The molecule has 4 saturated heterocycles. The molecular weight excluding hydrogens is 1370 g/mol. The number of likely N-dealkylation sites (tertiary alicyclic amines) is 3. The second-order valence-corrected chi connectivity index (χ2v) is 33.0. The lowest BCUT2D eigenvalue weighted by Gasteiger charge is -2.39. The molecule has 0 radical (unpaired) electrons. The molecule has 5 fully saturated rings. The van der Waals surface area contributed by atoms with E-state index in [2.05, 4.69) is 53.5 Å². The van der Waals surface area contributed by atoms with Gasteiger partial charge in [-0.3, -0.25) is 43.2 Å². The SMILES string of the molecule is CC(=O)N(C)[C@H](C(=O)N1C[C@H](O)C[C@H]1C(=O)CCc1ccc(-c2scnc2C)cc1)C(C)(C)C.CC(C)[C@@H](C(=O)N1C[C@H](O)C[C@H]1C(=O)CCc1ccc(C2CC2)cc1)N1Cc2ccccc2C1=O.CC(C)[C@@H](C(=O)N1C[C@H](O)C[C@H]1C(=O)CCc1ccc(C2CCOCC2)cc1)N1Cc2ccccc2C1=O. The van der Waals surface area contributed by atoms with E-state index in [1.807, 2.05) is 122 Å². The van der Waals surface area contributed by atoms with Crippen LogP contribution in [0.15, 0.2) is 127 Å². The molecular formula is C86H107N7O13S. The van der Waals surface area contributed by atoms with Crippen molar-refractivity contribution in [2.75, 3.05) is 39.9 Å². The second-order valence-electron chi connectivity index (χ2n) is 32.2. The molecule has 0 unspecified atom stereocenters. The van der Waals surface area contributed by atoms with Crippen LogP contribution < -0.4 is 0 Å². The molecule has 20 nitrogen and oxygen atoms in total. The number of likely N-dealkylation sites (N-methyl/N-ethyl adjacent to an activating group) is 1. The number of ketones is 3. The predicted octanol–water partition coefficient (Wildman–Crippen LogP) is 10.9. The zero-order chi connectivity index (χ0) is 76.7. The summed E-state index contributed by atoms with van der Waals surface area (Å²) in [7, 11) is 1.61. The summed E-state index contributed by atoms with van der Waals surface area (Å²) in [5.41, 5.74) is 12.4. The Morgan fingerprint density at radius 2 is 0.916 bits per heavy atom. The lowest BCUT2D eigenvalue weighted by atomic mass is 9.84. The Morgan fingerprint density at radius 1 is 0.542 bits per heavy atom. The molecule has 21 heteroatoms. The van der Waals surface area contributed by atoms with Gasteiger partial charge in [0.1, 0.15) is 18.1 Å². The lowest BCUT2D eigenvalue weighted by molar-refractivity contribution is -0.150. The van der Waals surface area contributed by atoms with Gasteiger partial charge in [-0.2, -0.15) is 0 Å². The van der Waals surface area contributed by atoms with E-state index in [0.717, 1.165) is 70.0 Å². The Bertz CT molecular complexity index is 4180. The van der Waals surface area contributed by atoms with Gasteiger partial charge in [-0.25, -0.2) is 4.98 Å². The van der Waals surface area contributed by atoms with E-state index in [0.29, 0.717) is 68.2 Å². The number of rotatable bonds is 23. The fourth-order valence-corrected chi connectivity index (χ4v) is 17.3. The standard InChI is InChI=1S/C31H38N2O5.C29H34N2O4.C26H35N3O4S/c1-20(2)29(33-18-24-5-3-4-6-26(24)30(33)36)31(37)32-19-25(34)17-27(32)28(35)12-9-21-7-10-22(11-8-21)23-13-15-38-16-14-23;1-18(2)27(31-16-22-5-3-4-6-24(22)28(31)34)29(35)30-17-23(32)15-25(30)26(33)14-9-19-7-10-20(11-8-19)21-12-13-21;1-16-23(34-15-27-16)19-10-7-18(8-11-19)9-12-22(32)21-13-20(31)14-29(21)25(33)24(26(3,4)5)28(6)17(2)30/h3-8,10-11,20,23,25,27,29,34H,9,12-19H2,1-2H3;3-8,10-11,18,21,23,25,27,32H,9,12-17H2,1-2H3;7-8,10-11,15,20-21,24,31H,9,12-14H2,1-6H3/t25-,27+,29+;23-,25+,27+;20-,21+,24-/m111/s1. The van der Waals surface area contributed by atoms with Gasteiger partial charge in [-0.15, -0.1) is 11.3 Å². The van der Waals surface area contributed by atoms with Crippen LogP contribution in [0.5, 0.6) is 0 Å². The zero-order valence-corrected chi connectivity index (χ0v) is 64.6. The highest BCUT2D eigenvalue weighted by molar-refractivity contribution is 7.13. The van der Waals surface area contributed by atoms with Gasteiger partial charge in [0.05, 0.1) is 52.5 Å². The summed E-state index contributed by atoms with van der Waals surface area (Å²) in [5.74, 6) is -0.462. The normalized spacial score (nSPS) is 21.5. The van der Waals surface area contributed by atoms with Crippen molar-refractivity contribution in [1.82, 2.24) is 34.4 Å². The van der Waals surface area contributed by atoms with Gasteiger partial charge in [-0.05, 0) is 138 Å². The predicted molar refractivity (Wildman–Crippen MR) is 410 cm³/mol. The van der Waals surface area contributed by atoms with Crippen LogP contribution in [-0.2, 0) is 70.7 Å². The third-order valence-corrected chi connectivity index (χ3v) is 23.5. The maximum Gasteiger partial charge on any atom is 0.255 e. The monoisotopic (exact) mass is 1480 g/mol. The molecule has 1 saturated carbocycles. The first-order chi connectivity index (χ1) is 51.1. The fraction of sp³-hybridized carbons (Fsp3) is 0.512. The van der Waals surface area contributed by atoms with Crippen molar-refractivity contribution in [3.8, 4) is 10.4 Å². The number of hydrogen-bond acceptors (Lipinski definition) is 15. The molecule has 0 spiro atoms. The third-order valence-electron chi connectivity index (χ3n) is 22.5. The minimum Gasteiger partial charge on any atom is -0.391 e. The van der Waals surface area contributed by atoms with Gasteiger partial charge in [0.25, 0.3) is 11.8 Å². The van der Waals surface area contributed by atoms with E-state index in [-0.39, 0.29) is 110 Å². The number of aryl methyl sites for hydroxylation is 4. The van der Waals surface area contributed by atoms with E-state index in [1.54, 1.807) is 40.3 Å². The Morgan fingerprint density at radius 3 is 1.26 bits per heavy atom. The van der Waals surface area contributed by atoms with E-state index in [1.165, 1.54) is 50.5 Å². The number of benzene rings is 5. The van der Waals surface area contributed by atoms with Crippen molar-refractivity contribution in [2.24, 2.45) is 17.3 Å². The molecule has 7 aliphatic rings. The summed E-state index contributed by atoms with van der Waals surface area (Å²) >= 11 is 1.60. The number of amides is 6. The van der Waals surface area contributed by atoms with Gasteiger partial charge in [0.2, 0.25) is 23.6 Å². The molecule has 3 N–H and O–H groups in total. The highest BCUT2D eigenvalue weighted by Gasteiger charge is 2.49. The first-order valence-electron chi connectivity index (χ1n) is 38.4. The fourth-order valence-electron chi connectivity index (χ4n) is 16.5. The summed E-state index contributed by atoms with van der Waals surface area (Å²) in [6, 6.07) is 35.9. The number of hydrogen-bond donors (Lipinski definition) is 3. The second kappa shape index (κ2) is 34.7. The number of nitrogens with zero attached hydrogens (tertiary/aromatic N) is 7. The molecule has 6 aromatic rings. The molecule has 0 bridgehead atoms. The highest BCUT2D eigenvalue weighted by atomic mass is 32.1. The minimum atomic E-state index is -0.747. The number of Topliss-reactive ketones (excluding diaryl/α,β-unsaturated/α-hetero) is 3. The molecule has 7 heterocycles. The van der Waals surface area contributed by atoms with Crippen LogP contribution in [0.2, 0.25) is 0 Å². The maximum absolute atomic E-state index is 13.9. The van der Waals surface area contributed by atoms with Crippen LogP contribution in [0.3, 0.4) is 0 Å². The van der Waals surface area contributed by atoms with Crippen LogP contribution in [0.25, 0.3) is 10.4 Å². The van der Waals surface area contributed by atoms with Crippen LogP contribution in [0.4, 0.5) is 0 Å². The molecule has 570 valence electrons. The number of aliphatic hydroxyl groups is 3. The van der Waals surface area contributed by atoms with Crippen LogP contribution in [0, 0.1) is 24.2 Å².